The molecule has 1 aromatic carbocycles. The number of benzene rings is 1. The first-order valence-electron chi connectivity index (χ1n) is 7.67. The molecule has 8 heteroatoms. The number of nitrogens with zero attached hydrogens (tertiary/aromatic N) is 2. The Kier molecular flexibility index (Phi) is 4.78. The van der Waals surface area contributed by atoms with Gasteiger partial charge < -0.3 is 15.2 Å². The van der Waals surface area contributed by atoms with Crippen LogP contribution in [0.4, 0.5) is 13.2 Å². The van der Waals surface area contributed by atoms with Gasteiger partial charge in [0.15, 0.2) is 17.2 Å². The van der Waals surface area contributed by atoms with Gasteiger partial charge in [-0.25, -0.2) is 0 Å². The Hall–Kier alpha value is -2.77. The SMILES string of the molecule is NC=CCC1COc2c(cccc2Oc2ccc(C(F)(F)F)nn2)C1. The van der Waals surface area contributed by atoms with Crippen LogP contribution in [0.25, 0.3) is 0 Å². The summed E-state index contributed by atoms with van der Waals surface area (Å²) in [6, 6.07) is 7.37. The molecule has 1 aromatic heterocycles. The van der Waals surface area contributed by atoms with Gasteiger partial charge in [-0.2, -0.15) is 13.2 Å². The summed E-state index contributed by atoms with van der Waals surface area (Å²) in [6.45, 7) is 0.510. The maximum atomic E-state index is 12.5. The van der Waals surface area contributed by atoms with E-state index in [1.807, 2.05) is 12.1 Å². The van der Waals surface area contributed by atoms with Crippen LogP contribution in [0.15, 0.2) is 42.6 Å². The molecule has 2 aromatic rings. The number of alkyl halides is 3. The van der Waals surface area contributed by atoms with E-state index in [4.69, 9.17) is 15.2 Å². The zero-order chi connectivity index (χ0) is 17.9. The molecular weight excluding hydrogens is 335 g/mol. The lowest BCUT2D eigenvalue weighted by molar-refractivity contribution is -0.141. The highest BCUT2D eigenvalue weighted by atomic mass is 19.4. The molecule has 25 heavy (non-hydrogen) atoms. The minimum Gasteiger partial charge on any atom is -0.489 e. The lowest BCUT2D eigenvalue weighted by atomic mass is 9.94. The summed E-state index contributed by atoms with van der Waals surface area (Å²) >= 11 is 0. The molecule has 1 atom stereocenters. The second kappa shape index (κ2) is 7.00. The van der Waals surface area contributed by atoms with Gasteiger partial charge in [0.05, 0.1) is 6.61 Å². The molecule has 0 saturated heterocycles. The average molecular weight is 351 g/mol. The Bertz CT molecular complexity index is 761. The largest absolute Gasteiger partial charge is 0.489 e. The number of para-hydroxylation sites is 1. The molecule has 1 aliphatic heterocycles. The molecule has 2 N–H and O–H groups in total. The van der Waals surface area contributed by atoms with Gasteiger partial charge in [-0.05, 0) is 36.7 Å². The van der Waals surface area contributed by atoms with E-state index in [0.717, 1.165) is 30.5 Å². The summed E-state index contributed by atoms with van der Waals surface area (Å²) in [7, 11) is 0. The summed E-state index contributed by atoms with van der Waals surface area (Å²) in [6.07, 6.45) is 0.476. The minimum atomic E-state index is -4.53. The number of rotatable bonds is 4. The molecule has 0 radical (unpaired) electrons. The number of ether oxygens (including phenoxy) is 2. The number of halogens is 3. The second-order valence-corrected chi connectivity index (χ2v) is 5.65. The van der Waals surface area contributed by atoms with Crippen molar-refractivity contribution in [1.82, 2.24) is 10.2 Å². The minimum absolute atomic E-state index is 0.0295. The van der Waals surface area contributed by atoms with Gasteiger partial charge in [0, 0.05) is 12.0 Å². The van der Waals surface area contributed by atoms with Gasteiger partial charge in [0.1, 0.15) is 0 Å². The first-order chi connectivity index (χ1) is 12.0. The molecule has 0 saturated carbocycles. The lowest BCUT2D eigenvalue weighted by Crippen LogP contribution is -2.20. The molecule has 5 nitrogen and oxygen atoms in total. The van der Waals surface area contributed by atoms with Crippen molar-refractivity contribution in [2.75, 3.05) is 6.61 Å². The molecule has 0 aliphatic carbocycles. The zero-order valence-electron chi connectivity index (χ0n) is 13.2. The van der Waals surface area contributed by atoms with Crippen LogP contribution in [0.2, 0.25) is 0 Å². The Morgan fingerprint density at radius 1 is 1.24 bits per heavy atom. The first-order valence-corrected chi connectivity index (χ1v) is 7.67. The molecule has 2 heterocycles. The van der Waals surface area contributed by atoms with E-state index in [1.165, 1.54) is 6.20 Å². The molecule has 132 valence electrons. The van der Waals surface area contributed by atoms with Crippen molar-refractivity contribution in [2.24, 2.45) is 11.7 Å². The van der Waals surface area contributed by atoms with Crippen LogP contribution in [-0.2, 0) is 12.6 Å². The summed E-state index contributed by atoms with van der Waals surface area (Å²) in [4.78, 5) is 0. The van der Waals surface area contributed by atoms with E-state index in [-0.39, 0.29) is 5.88 Å². The zero-order valence-corrected chi connectivity index (χ0v) is 13.2. The summed E-state index contributed by atoms with van der Waals surface area (Å²) in [5.74, 6) is 1.27. The van der Waals surface area contributed by atoms with E-state index in [0.29, 0.717) is 24.0 Å². The van der Waals surface area contributed by atoms with Gasteiger partial charge in [0.2, 0.25) is 5.88 Å². The van der Waals surface area contributed by atoms with Crippen LogP contribution in [0.5, 0.6) is 17.4 Å². The maximum Gasteiger partial charge on any atom is 0.435 e. The van der Waals surface area contributed by atoms with Gasteiger partial charge in [0.25, 0.3) is 0 Å². The second-order valence-electron chi connectivity index (χ2n) is 5.65. The Morgan fingerprint density at radius 3 is 2.76 bits per heavy atom. The number of hydrogen-bond acceptors (Lipinski definition) is 5. The van der Waals surface area contributed by atoms with Crippen LogP contribution in [0.3, 0.4) is 0 Å². The van der Waals surface area contributed by atoms with Crippen molar-refractivity contribution in [3.63, 3.8) is 0 Å². The fourth-order valence-electron chi connectivity index (χ4n) is 2.60. The molecule has 1 unspecified atom stereocenters. The summed E-state index contributed by atoms with van der Waals surface area (Å²) in [5, 5.41) is 6.62. The average Bonchev–Trinajstić information content (AvgIpc) is 2.59. The normalized spacial score (nSPS) is 17.2. The van der Waals surface area contributed by atoms with Crippen LogP contribution in [-0.4, -0.2) is 16.8 Å². The Labute approximate surface area is 142 Å². The highest BCUT2D eigenvalue weighted by Crippen LogP contribution is 2.39. The molecule has 0 spiro atoms. The quantitative estimate of drug-likeness (QED) is 0.909. The topological polar surface area (TPSA) is 70.3 Å². The van der Waals surface area contributed by atoms with Crippen molar-refractivity contribution in [3.8, 4) is 17.4 Å². The number of allylic oxidation sites excluding steroid dienone is 1. The smallest absolute Gasteiger partial charge is 0.435 e. The summed E-state index contributed by atoms with van der Waals surface area (Å²) in [5.41, 5.74) is 5.27. The third kappa shape index (κ3) is 4.01. The van der Waals surface area contributed by atoms with Crippen molar-refractivity contribution in [1.29, 1.82) is 0 Å². The monoisotopic (exact) mass is 351 g/mol. The predicted molar refractivity (Wildman–Crippen MR) is 84.2 cm³/mol. The predicted octanol–water partition coefficient (Wildman–Crippen LogP) is 3.70. The number of fused-ring (bicyclic) bond motifs is 1. The van der Waals surface area contributed by atoms with E-state index in [2.05, 4.69) is 10.2 Å². The van der Waals surface area contributed by atoms with E-state index in [1.54, 1.807) is 12.1 Å². The standard InChI is InChI=1S/C17H16F3N3O2/c18-17(19,20)14-6-7-15(23-22-14)25-13-5-1-4-12-9-11(3-2-8-21)10-24-16(12)13/h1-2,4-8,11H,3,9-10,21H2. The highest BCUT2D eigenvalue weighted by molar-refractivity contribution is 5.49. The van der Waals surface area contributed by atoms with Gasteiger partial charge in [-0.1, -0.05) is 18.2 Å². The van der Waals surface area contributed by atoms with Gasteiger partial charge in [-0.3, -0.25) is 0 Å². The fourth-order valence-corrected chi connectivity index (χ4v) is 2.60. The Morgan fingerprint density at radius 2 is 2.08 bits per heavy atom. The third-order valence-corrected chi connectivity index (χ3v) is 3.78. The number of nitrogens with two attached hydrogens (primary N) is 1. The molecular formula is C17H16F3N3O2. The van der Waals surface area contributed by atoms with Crippen molar-refractivity contribution in [2.45, 2.75) is 19.0 Å². The third-order valence-electron chi connectivity index (χ3n) is 3.78. The van der Waals surface area contributed by atoms with Crippen molar-refractivity contribution in [3.05, 3.63) is 53.9 Å². The van der Waals surface area contributed by atoms with Crippen LogP contribution < -0.4 is 15.2 Å². The van der Waals surface area contributed by atoms with E-state index >= 15 is 0 Å². The highest BCUT2D eigenvalue weighted by Gasteiger charge is 2.33. The molecule has 3 rings (SSSR count). The Balaban J connectivity index is 1.76. The summed E-state index contributed by atoms with van der Waals surface area (Å²) < 4.78 is 48.9. The van der Waals surface area contributed by atoms with Crippen molar-refractivity contribution < 1.29 is 22.6 Å². The number of hydrogen-bond donors (Lipinski definition) is 1. The van der Waals surface area contributed by atoms with Gasteiger partial charge >= 0.3 is 6.18 Å². The van der Waals surface area contributed by atoms with Crippen molar-refractivity contribution >= 4 is 0 Å². The first kappa shape index (κ1) is 17.1. The molecule has 1 aliphatic rings. The van der Waals surface area contributed by atoms with Crippen LogP contribution in [0.1, 0.15) is 17.7 Å². The fraction of sp³-hybridized carbons (Fsp3) is 0.294. The maximum absolute atomic E-state index is 12.5. The molecule has 0 fully saturated rings. The lowest BCUT2D eigenvalue weighted by Gasteiger charge is -2.25. The van der Waals surface area contributed by atoms with Crippen LogP contribution in [0, 0.1) is 5.92 Å². The van der Waals surface area contributed by atoms with E-state index < -0.39 is 11.9 Å². The van der Waals surface area contributed by atoms with Gasteiger partial charge in [-0.15, -0.1) is 10.2 Å². The van der Waals surface area contributed by atoms with Crippen LogP contribution >= 0.6 is 0 Å². The number of aromatic nitrogens is 2. The molecule has 0 amide bonds. The molecule has 0 bridgehead atoms. The van der Waals surface area contributed by atoms with E-state index in [9.17, 15) is 13.2 Å².